The summed E-state index contributed by atoms with van der Waals surface area (Å²) in [6, 6.07) is 3.67. The van der Waals surface area contributed by atoms with E-state index in [0.29, 0.717) is 30.3 Å². The second kappa shape index (κ2) is 7.60. The van der Waals surface area contributed by atoms with Crippen molar-refractivity contribution >= 4 is 17.2 Å². The van der Waals surface area contributed by atoms with Gasteiger partial charge < -0.3 is 15.1 Å². The highest BCUT2D eigenvalue weighted by Gasteiger charge is 2.26. The molecule has 1 amide bonds. The van der Waals surface area contributed by atoms with Crippen LogP contribution in [0.15, 0.2) is 12.1 Å². The Morgan fingerprint density at radius 2 is 2.19 bits per heavy atom. The van der Waals surface area contributed by atoms with Gasteiger partial charge in [0.15, 0.2) is 0 Å². The van der Waals surface area contributed by atoms with E-state index in [4.69, 9.17) is 5.11 Å². The number of piperidine rings is 1. The topological polar surface area (TPSA) is 60.8 Å². The Morgan fingerprint density at radius 1 is 1.48 bits per heavy atom. The first-order chi connectivity index (χ1) is 10.1. The van der Waals surface area contributed by atoms with Crippen LogP contribution in [0.25, 0.3) is 0 Å². The number of hydrogen-bond donors (Lipinski definition) is 2. The lowest BCUT2D eigenvalue weighted by Gasteiger charge is -2.33. The van der Waals surface area contributed by atoms with Gasteiger partial charge >= 0.3 is 0 Å². The molecule has 1 unspecified atom stereocenters. The largest absolute Gasteiger partial charge is 0.395 e. The molecule has 1 aliphatic rings. The van der Waals surface area contributed by atoms with Gasteiger partial charge in [-0.25, -0.2) is 0 Å². The molecule has 0 aliphatic carbocycles. The molecule has 1 atom stereocenters. The molecule has 4 nitrogen and oxygen atoms in total. The number of carbonyl (C=O) groups is 1. The van der Waals surface area contributed by atoms with E-state index < -0.39 is 0 Å². The highest BCUT2D eigenvalue weighted by Crippen LogP contribution is 2.24. The van der Waals surface area contributed by atoms with Crippen LogP contribution in [0.1, 0.15) is 40.7 Å². The van der Waals surface area contributed by atoms with Crippen LogP contribution in [-0.4, -0.2) is 46.8 Å². The molecule has 2 rings (SSSR count). The third-order valence-electron chi connectivity index (χ3n) is 3.77. The number of aliphatic hydroxyl groups excluding tert-OH is 2. The monoisotopic (exact) mass is 307 g/mol. The van der Waals surface area contributed by atoms with Crippen molar-refractivity contribution < 1.29 is 15.0 Å². The van der Waals surface area contributed by atoms with Gasteiger partial charge in [0.25, 0.3) is 5.91 Å². The minimum atomic E-state index is -0.294. The fourth-order valence-electron chi connectivity index (χ4n) is 2.47. The zero-order chi connectivity index (χ0) is 15.2. The Hall–Kier alpha value is -1.35. The molecule has 1 fully saturated rings. The van der Waals surface area contributed by atoms with Gasteiger partial charge in [-0.05, 0) is 37.8 Å². The number of thiophene rings is 1. The predicted octanol–water partition coefficient (Wildman–Crippen LogP) is 1.72. The van der Waals surface area contributed by atoms with E-state index in [2.05, 4.69) is 11.8 Å². The zero-order valence-electron chi connectivity index (χ0n) is 12.2. The molecule has 2 heterocycles. The minimum Gasteiger partial charge on any atom is -0.395 e. The van der Waals surface area contributed by atoms with E-state index in [-0.39, 0.29) is 18.6 Å². The Morgan fingerprint density at radius 3 is 2.81 bits per heavy atom. The Balaban J connectivity index is 1.94. The first kappa shape index (κ1) is 16.0. The number of amides is 1. The average molecular weight is 307 g/mol. The second-order valence-electron chi connectivity index (χ2n) is 5.31. The van der Waals surface area contributed by atoms with Gasteiger partial charge in [-0.2, -0.15) is 0 Å². The first-order valence-electron chi connectivity index (χ1n) is 7.28. The van der Waals surface area contributed by atoms with Gasteiger partial charge in [0.2, 0.25) is 0 Å². The van der Waals surface area contributed by atoms with Crippen molar-refractivity contribution in [1.82, 2.24) is 4.90 Å². The third-order valence-corrected chi connectivity index (χ3v) is 4.76. The van der Waals surface area contributed by atoms with E-state index in [0.717, 1.165) is 17.7 Å². The molecular weight excluding hydrogens is 286 g/mol. The average Bonchev–Trinajstić information content (AvgIpc) is 2.96. The van der Waals surface area contributed by atoms with Gasteiger partial charge in [0.1, 0.15) is 0 Å². The molecule has 5 heteroatoms. The summed E-state index contributed by atoms with van der Waals surface area (Å²) in [4.78, 5) is 15.8. The van der Waals surface area contributed by atoms with Gasteiger partial charge in [-0.15, -0.1) is 11.3 Å². The lowest BCUT2D eigenvalue weighted by molar-refractivity contribution is 0.0525. The summed E-state index contributed by atoms with van der Waals surface area (Å²) in [5.74, 6) is 6.17. The molecule has 1 aromatic rings. The summed E-state index contributed by atoms with van der Waals surface area (Å²) in [5, 5.41) is 18.3. The standard InChI is InChI=1S/C16H21NO3S/c1-12(19)13-7-9-17(10-8-13)16(20)15-6-5-14(21-15)4-2-3-11-18/h5-6,12-13,18-19H,3,7-11H2,1H3. The molecule has 0 aromatic carbocycles. The van der Waals surface area contributed by atoms with Crippen LogP contribution in [0.4, 0.5) is 0 Å². The summed E-state index contributed by atoms with van der Waals surface area (Å²) in [6.07, 6.45) is 1.88. The number of carbonyl (C=O) groups excluding carboxylic acids is 1. The van der Waals surface area contributed by atoms with Crippen LogP contribution in [0, 0.1) is 17.8 Å². The van der Waals surface area contributed by atoms with Crippen LogP contribution >= 0.6 is 11.3 Å². The van der Waals surface area contributed by atoms with Crippen molar-refractivity contribution in [2.75, 3.05) is 19.7 Å². The lowest BCUT2D eigenvalue weighted by Crippen LogP contribution is -2.40. The fourth-order valence-corrected chi connectivity index (χ4v) is 3.32. The highest BCUT2D eigenvalue weighted by atomic mass is 32.1. The quantitative estimate of drug-likeness (QED) is 0.836. The highest BCUT2D eigenvalue weighted by molar-refractivity contribution is 7.14. The summed E-state index contributed by atoms with van der Waals surface area (Å²) in [7, 11) is 0. The Kier molecular flexibility index (Phi) is 5.80. The minimum absolute atomic E-state index is 0.0549. The molecule has 0 radical (unpaired) electrons. The molecule has 1 aliphatic heterocycles. The summed E-state index contributed by atoms with van der Waals surface area (Å²) in [5.41, 5.74) is 0. The third kappa shape index (κ3) is 4.31. The van der Waals surface area contributed by atoms with Crippen molar-refractivity contribution in [2.24, 2.45) is 5.92 Å². The van der Waals surface area contributed by atoms with Crippen molar-refractivity contribution in [2.45, 2.75) is 32.3 Å². The molecule has 0 bridgehead atoms. The van der Waals surface area contributed by atoms with E-state index in [1.54, 1.807) is 0 Å². The maximum absolute atomic E-state index is 12.4. The molecule has 2 N–H and O–H groups in total. The zero-order valence-corrected chi connectivity index (χ0v) is 13.0. The molecule has 1 aromatic heterocycles. The number of aliphatic hydroxyl groups is 2. The molecular formula is C16H21NO3S. The summed E-state index contributed by atoms with van der Waals surface area (Å²) in [6.45, 7) is 3.29. The van der Waals surface area contributed by atoms with Gasteiger partial charge in [-0.3, -0.25) is 4.79 Å². The normalized spacial score (nSPS) is 17.2. The van der Waals surface area contributed by atoms with E-state index in [9.17, 15) is 9.90 Å². The van der Waals surface area contributed by atoms with Crippen LogP contribution in [0.2, 0.25) is 0 Å². The number of rotatable bonds is 3. The van der Waals surface area contributed by atoms with Crippen LogP contribution in [0.3, 0.4) is 0 Å². The molecule has 21 heavy (non-hydrogen) atoms. The SMILES string of the molecule is CC(O)C1CCN(C(=O)c2ccc(C#CCCO)s2)CC1. The van der Waals surface area contributed by atoms with Gasteiger partial charge in [0, 0.05) is 19.5 Å². The van der Waals surface area contributed by atoms with Crippen molar-refractivity contribution in [3.05, 3.63) is 21.9 Å². The number of nitrogens with zero attached hydrogens (tertiary/aromatic N) is 1. The van der Waals surface area contributed by atoms with Gasteiger partial charge in [0.05, 0.1) is 22.5 Å². The van der Waals surface area contributed by atoms with Crippen LogP contribution in [0.5, 0.6) is 0 Å². The maximum atomic E-state index is 12.4. The Labute approximate surface area is 129 Å². The fraction of sp³-hybridized carbons (Fsp3) is 0.562. The van der Waals surface area contributed by atoms with Crippen LogP contribution in [-0.2, 0) is 0 Å². The lowest BCUT2D eigenvalue weighted by atomic mass is 9.92. The second-order valence-corrected chi connectivity index (χ2v) is 6.39. The molecule has 0 spiro atoms. The van der Waals surface area contributed by atoms with E-state index in [1.807, 2.05) is 24.0 Å². The molecule has 0 saturated carbocycles. The van der Waals surface area contributed by atoms with Crippen molar-refractivity contribution in [3.63, 3.8) is 0 Å². The van der Waals surface area contributed by atoms with E-state index in [1.165, 1.54) is 11.3 Å². The van der Waals surface area contributed by atoms with Crippen molar-refractivity contribution in [3.8, 4) is 11.8 Å². The summed E-state index contributed by atoms with van der Waals surface area (Å²) < 4.78 is 0. The number of hydrogen-bond acceptors (Lipinski definition) is 4. The van der Waals surface area contributed by atoms with Gasteiger partial charge in [-0.1, -0.05) is 11.8 Å². The molecule has 114 valence electrons. The van der Waals surface area contributed by atoms with E-state index >= 15 is 0 Å². The maximum Gasteiger partial charge on any atom is 0.263 e. The Bertz CT molecular complexity index is 533. The molecule has 1 saturated heterocycles. The smallest absolute Gasteiger partial charge is 0.263 e. The van der Waals surface area contributed by atoms with Crippen LogP contribution < -0.4 is 0 Å². The number of likely N-dealkylation sites (tertiary alicyclic amines) is 1. The van der Waals surface area contributed by atoms with Crippen molar-refractivity contribution in [1.29, 1.82) is 0 Å². The predicted molar refractivity (Wildman–Crippen MR) is 83.2 cm³/mol. The summed E-state index contributed by atoms with van der Waals surface area (Å²) >= 11 is 1.40. The first-order valence-corrected chi connectivity index (χ1v) is 8.10.